The second-order valence-corrected chi connectivity index (χ2v) is 7.05. The lowest BCUT2D eigenvalue weighted by Gasteiger charge is -2.08. The molecule has 0 aliphatic rings. The molecule has 0 saturated heterocycles. The number of Topliss-reactive ketones (excluding diaryl/α,β-unsaturated/α-hetero) is 1. The Labute approximate surface area is 146 Å². The number of benzene rings is 3. The van der Waals surface area contributed by atoms with Gasteiger partial charge in [0, 0.05) is 5.56 Å². The van der Waals surface area contributed by atoms with E-state index in [1.165, 1.54) is 43.3 Å². The van der Waals surface area contributed by atoms with Crippen LogP contribution in [0.15, 0.2) is 83.8 Å². The van der Waals surface area contributed by atoms with Crippen molar-refractivity contribution in [3.63, 3.8) is 0 Å². The predicted molar refractivity (Wildman–Crippen MR) is 96.1 cm³/mol. The molecule has 3 rings (SSSR count). The van der Waals surface area contributed by atoms with E-state index in [1.54, 1.807) is 12.1 Å². The Hall–Kier alpha value is -2.92. The van der Waals surface area contributed by atoms with E-state index in [0.717, 1.165) is 11.1 Å². The topological polar surface area (TPSA) is 60.4 Å². The van der Waals surface area contributed by atoms with E-state index >= 15 is 0 Å². The molecule has 0 aliphatic heterocycles. The van der Waals surface area contributed by atoms with Crippen molar-refractivity contribution in [1.82, 2.24) is 0 Å². The van der Waals surface area contributed by atoms with E-state index in [4.69, 9.17) is 4.18 Å². The first-order chi connectivity index (χ1) is 12.0. The molecule has 5 heteroatoms. The van der Waals surface area contributed by atoms with Crippen molar-refractivity contribution in [2.75, 3.05) is 0 Å². The maximum atomic E-state index is 12.4. The molecular weight excluding hydrogens is 336 g/mol. The van der Waals surface area contributed by atoms with E-state index in [0.29, 0.717) is 5.56 Å². The van der Waals surface area contributed by atoms with E-state index in [-0.39, 0.29) is 16.4 Å². The van der Waals surface area contributed by atoms with Gasteiger partial charge in [-0.15, -0.1) is 0 Å². The molecule has 0 atom stereocenters. The van der Waals surface area contributed by atoms with Crippen LogP contribution in [0.1, 0.15) is 17.3 Å². The SMILES string of the molecule is CC(=O)c1ccc(OS(=O)(=O)c2ccc(-c3ccccc3)cc2)cc1. The van der Waals surface area contributed by atoms with E-state index in [9.17, 15) is 13.2 Å². The van der Waals surface area contributed by atoms with Crippen LogP contribution in [-0.2, 0) is 10.1 Å². The fraction of sp³-hybridized carbons (Fsp3) is 0.0500. The summed E-state index contributed by atoms with van der Waals surface area (Å²) in [4.78, 5) is 11.3. The van der Waals surface area contributed by atoms with Crippen LogP contribution in [0.5, 0.6) is 5.75 Å². The van der Waals surface area contributed by atoms with Crippen molar-refractivity contribution in [2.24, 2.45) is 0 Å². The highest BCUT2D eigenvalue weighted by molar-refractivity contribution is 7.87. The lowest BCUT2D eigenvalue weighted by Crippen LogP contribution is -2.09. The average molecular weight is 352 g/mol. The quantitative estimate of drug-likeness (QED) is 0.507. The van der Waals surface area contributed by atoms with Crippen LogP contribution in [-0.4, -0.2) is 14.2 Å². The molecule has 0 aromatic heterocycles. The van der Waals surface area contributed by atoms with Gasteiger partial charge in [0.2, 0.25) is 0 Å². The third kappa shape index (κ3) is 3.95. The van der Waals surface area contributed by atoms with Gasteiger partial charge in [-0.05, 0) is 54.4 Å². The van der Waals surface area contributed by atoms with Gasteiger partial charge in [0.05, 0.1) is 0 Å². The van der Waals surface area contributed by atoms with Gasteiger partial charge in [-0.2, -0.15) is 8.42 Å². The van der Waals surface area contributed by atoms with Crippen molar-refractivity contribution < 1.29 is 17.4 Å². The molecule has 0 heterocycles. The molecule has 0 unspecified atom stereocenters. The zero-order valence-corrected chi connectivity index (χ0v) is 14.4. The third-order valence-corrected chi connectivity index (χ3v) is 4.98. The van der Waals surface area contributed by atoms with Gasteiger partial charge in [0.1, 0.15) is 10.6 Å². The summed E-state index contributed by atoms with van der Waals surface area (Å²) in [6.07, 6.45) is 0. The molecule has 25 heavy (non-hydrogen) atoms. The minimum Gasteiger partial charge on any atom is -0.379 e. The van der Waals surface area contributed by atoms with Crippen LogP contribution in [0.4, 0.5) is 0 Å². The van der Waals surface area contributed by atoms with Gasteiger partial charge in [-0.3, -0.25) is 4.79 Å². The third-order valence-electron chi connectivity index (χ3n) is 3.72. The van der Waals surface area contributed by atoms with Crippen LogP contribution in [0.2, 0.25) is 0 Å². The van der Waals surface area contributed by atoms with Crippen molar-refractivity contribution >= 4 is 15.9 Å². The van der Waals surface area contributed by atoms with Gasteiger partial charge in [0.25, 0.3) is 0 Å². The summed E-state index contributed by atoms with van der Waals surface area (Å²) in [5, 5.41) is 0. The maximum absolute atomic E-state index is 12.4. The fourth-order valence-electron chi connectivity index (χ4n) is 2.36. The van der Waals surface area contributed by atoms with E-state index in [1.807, 2.05) is 30.3 Å². The fourth-order valence-corrected chi connectivity index (χ4v) is 3.29. The molecule has 0 N–H and O–H groups in total. The Morgan fingerprint density at radius 2 is 1.32 bits per heavy atom. The summed E-state index contributed by atoms with van der Waals surface area (Å²) < 4.78 is 29.9. The largest absolute Gasteiger partial charge is 0.379 e. The zero-order chi connectivity index (χ0) is 17.9. The molecule has 4 nitrogen and oxygen atoms in total. The molecule has 0 fully saturated rings. The first-order valence-electron chi connectivity index (χ1n) is 7.67. The summed E-state index contributed by atoms with van der Waals surface area (Å²) in [6, 6.07) is 22.2. The number of carbonyl (C=O) groups excluding carboxylic acids is 1. The monoisotopic (exact) mass is 352 g/mol. The van der Waals surface area contributed by atoms with Gasteiger partial charge >= 0.3 is 10.1 Å². The number of rotatable bonds is 5. The van der Waals surface area contributed by atoms with Gasteiger partial charge in [-0.1, -0.05) is 42.5 Å². The first-order valence-corrected chi connectivity index (χ1v) is 9.07. The highest BCUT2D eigenvalue weighted by Crippen LogP contribution is 2.23. The van der Waals surface area contributed by atoms with Crippen LogP contribution >= 0.6 is 0 Å². The minimum absolute atomic E-state index is 0.0721. The second-order valence-electron chi connectivity index (χ2n) is 5.51. The molecule has 3 aromatic rings. The van der Waals surface area contributed by atoms with Gasteiger partial charge < -0.3 is 4.18 Å². The molecule has 3 aromatic carbocycles. The zero-order valence-electron chi connectivity index (χ0n) is 13.5. The number of ketones is 1. The Morgan fingerprint density at radius 1 is 0.760 bits per heavy atom. The summed E-state index contributed by atoms with van der Waals surface area (Å²) in [5.74, 6) is 0.0723. The Bertz CT molecular complexity index is 974. The number of carbonyl (C=O) groups is 1. The molecular formula is C20H16O4S. The van der Waals surface area contributed by atoms with Gasteiger partial charge in [0.15, 0.2) is 5.78 Å². The summed E-state index contributed by atoms with van der Waals surface area (Å²) >= 11 is 0. The highest BCUT2D eigenvalue weighted by atomic mass is 32.2. The molecule has 0 bridgehead atoms. The second kappa shape index (κ2) is 6.91. The van der Waals surface area contributed by atoms with Crippen LogP contribution in [0.25, 0.3) is 11.1 Å². The van der Waals surface area contributed by atoms with Gasteiger partial charge in [-0.25, -0.2) is 0 Å². The van der Waals surface area contributed by atoms with Crippen molar-refractivity contribution in [3.05, 3.63) is 84.4 Å². The Kier molecular flexibility index (Phi) is 4.67. The highest BCUT2D eigenvalue weighted by Gasteiger charge is 2.17. The Balaban J connectivity index is 1.81. The normalized spacial score (nSPS) is 11.1. The molecule has 0 spiro atoms. The molecule has 0 amide bonds. The van der Waals surface area contributed by atoms with Crippen LogP contribution in [0, 0.1) is 0 Å². The van der Waals surface area contributed by atoms with E-state index in [2.05, 4.69) is 0 Å². The molecule has 0 radical (unpaired) electrons. The summed E-state index contributed by atoms with van der Waals surface area (Å²) in [6.45, 7) is 1.45. The maximum Gasteiger partial charge on any atom is 0.339 e. The minimum atomic E-state index is -3.93. The van der Waals surface area contributed by atoms with Crippen LogP contribution in [0.3, 0.4) is 0 Å². The summed E-state index contributed by atoms with van der Waals surface area (Å²) in [7, 11) is -3.93. The van der Waals surface area contributed by atoms with Crippen molar-refractivity contribution in [1.29, 1.82) is 0 Å². The predicted octanol–water partition coefficient (Wildman–Crippen LogP) is 4.32. The average Bonchev–Trinajstić information content (AvgIpc) is 2.63. The lowest BCUT2D eigenvalue weighted by atomic mass is 10.1. The first kappa shape index (κ1) is 16.9. The Morgan fingerprint density at radius 3 is 1.88 bits per heavy atom. The summed E-state index contributed by atoms with van der Waals surface area (Å²) in [5.41, 5.74) is 2.43. The van der Waals surface area contributed by atoms with Crippen molar-refractivity contribution in [3.8, 4) is 16.9 Å². The number of hydrogen-bond acceptors (Lipinski definition) is 4. The standard InChI is InChI=1S/C20H16O4S/c1-15(21)16-7-11-19(12-8-16)24-25(22,23)20-13-9-18(10-14-20)17-5-3-2-4-6-17/h2-14H,1H3. The lowest BCUT2D eigenvalue weighted by molar-refractivity contribution is 0.101. The van der Waals surface area contributed by atoms with Crippen molar-refractivity contribution in [2.45, 2.75) is 11.8 Å². The van der Waals surface area contributed by atoms with E-state index < -0.39 is 10.1 Å². The molecule has 0 aliphatic carbocycles. The molecule has 126 valence electrons. The smallest absolute Gasteiger partial charge is 0.339 e. The molecule has 0 saturated carbocycles. The van der Waals surface area contributed by atoms with Crippen LogP contribution < -0.4 is 4.18 Å². The number of hydrogen-bond donors (Lipinski definition) is 0.